The Morgan fingerprint density at radius 1 is 1.06 bits per heavy atom. The molecule has 0 radical (unpaired) electrons. The Bertz CT molecular complexity index is 367. The summed E-state index contributed by atoms with van der Waals surface area (Å²) in [6, 6.07) is -1.17. The smallest absolute Gasteiger partial charge is 0.394 e. The highest BCUT2D eigenvalue weighted by Crippen LogP contribution is 2.39. The van der Waals surface area contributed by atoms with E-state index in [-0.39, 0.29) is 12.0 Å². The SMILES string of the molecule is O=C(O)C(=O)N1[C@H](C(=O)O)C[C@H]2CCCC[C@@H]21. The highest BCUT2D eigenvalue weighted by atomic mass is 16.4. The number of likely N-dealkylation sites (tertiary alicyclic amines) is 1. The molecule has 0 aromatic rings. The van der Waals surface area contributed by atoms with Crippen LogP contribution in [-0.4, -0.2) is 45.0 Å². The number of nitrogens with zero attached hydrogens (tertiary/aromatic N) is 1. The lowest BCUT2D eigenvalue weighted by molar-refractivity contribution is -0.161. The van der Waals surface area contributed by atoms with Gasteiger partial charge in [-0.15, -0.1) is 0 Å². The quantitative estimate of drug-likeness (QED) is 0.644. The molecule has 94 valence electrons. The van der Waals surface area contributed by atoms with Crippen LogP contribution in [0.15, 0.2) is 0 Å². The van der Waals surface area contributed by atoms with E-state index in [0.717, 1.165) is 24.2 Å². The summed E-state index contributed by atoms with van der Waals surface area (Å²) in [5.74, 6) is -3.60. The minimum Gasteiger partial charge on any atom is -0.480 e. The molecule has 0 aromatic carbocycles. The van der Waals surface area contributed by atoms with Gasteiger partial charge in [0.1, 0.15) is 6.04 Å². The molecule has 6 nitrogen and oxygen atoms in total. The zero-order valence-corrected chi connectivity index (χ0v) is 9.33. The number of hydrogen-bond donors (Lipinski definition) is 2. The molecule has 2 rings (SSSR count). The van der Waals surface area contributed by atoms with Gasteiger partial charge in [-0.1, -0.05) is 12.8 Å². The van der Waals surface area contributed by atoms with E-state index in [2.05, 4.69) is 0 Å². The number of fused-ring (bicyclic) bond motifs is 1. The predicted octanol–water partition coefficient (Wildman–Crippen LogP) is 0.315. The van der Waals surface area contributed by atoms with Crippen LogP contribution in [0.2, 0.25) is 0 Å². The summed E-state index contributed by atoms with van der Waals surface area (Å²) in [6.07, 6.45) is 3.95. The van der Waals surface area contributed by atoms with Gasteiger partial charge in [0.2, 0.25) is 0 Å². The van der Waals surface area contributed by atoms with E-state index in [0.29, 0.717) is 12.8 Å². The first-order valence-corrected chi connectivity index (χ1v) is 5.80. The molecule has 3 atom stereocenters. The van der Waals surface area contributed by atoms with Gasteiger partial charge in [-0.3, -0.25) is 4.79 Å². The van der Waals surface area contributed by atoms with Gasteiger partial charge < -0.3 is 15.1 Å². The van der Waals surface area contributed by atoms with Crippen LogP contribution in [0, 0.1) is 5.92 Å². The van der Waals surface area contributed by atoms with Crippen molar-refractivity contribution in [3.05, 3.63) is 0 Å². The van der Waals surface area contributed by atoms with Crippen molar-refractivity contribution in [1.29, 1.82) is 0 Å². The first kappa shape index (κ1) is 11.9. The molecule has 1 saturated carbocycles. The summed E-state index contributed by atoms with van der Waals surface area (Å²) in [4.78, 5) is 34.5. The van der Waals surface area contributed by atoms with E-state index in [4.69, 9.17) is 10.2 Å². The average Bonchev–Trinajstić information content (AvgIpc) is 2.67. The maximum atomic E-state index is 11.6. The van der Waals surface area contributed by atoms with Crippen LogP contribution in [0.1, 0.15) is 32.1 Å². The standard InChI is InChI=1S/C11H15NO5/c13-9(11(16)17)12-7-4-2-1-3-6(7)5-8(12)10(14)15/h6-8H,1-5H2,(H,14,15)(H,16,17)/t6-,7+,8+/m1/s1. The molecule has 6 heteroatoms. The first-order chi connectivity index (χ1) is 8.02. The monoisotopic (exact) mass is 241 g/mol. The third-order valence-corrected chi connectivity index (χ3v) is 3.79. The van der Waals surface area contributed by atoms with Gasteiger partial charge in [-0.2, -0.15) is 0 Å². The van der Waals surface area contributed by atoms with Crippen molar-refractivity contribution in [2.24, 2.45) is 5.92 Å². The zero-order chi connectivity index (χ0) is 12.6. The normalized spacial score (nSPS) is 32.0. The topological polar surface area (TPSA) is 94.9 Å². The van der Waals surface area contributed by atoms with Crippen LogP contribution in [-0.2, 0) is 14.4 Å². The van der Waals surface area contributed by atoms with Crippen LogP contribution in [0.3, 0.4) is 0 Å². The van der Waals surface area contributed by atoms with E-state index in [1.807, 2.05) is 0 Å². The van der Waals surface area contributed by atoms with Crippen LogP contribution in [0.25, 0.3) is 0 Å². The summed E-state index contributed by atoms with van der Waals surface area (Å²) in [7, 11) is 0. The maximum Gasteiger partial charge on any atom is 0.394 e. The number of carboxylic acid groups (broad SMARTS) is 2. The lowest BCUT2D eigenvalue weighted by Crippen LogP contribution is -2.48. The fourth-order valence-electron chi connectivity index (χ4n) is 3.08. The van der Waals surface area contributed by atoms with Gasteiger partial charge in [-0.25, -0.2) is 9.59 Å². The maximum absolute atomic E-state index is 11.6. The zero-order valence-electron chi connectivity index (χ0n) is 9.33. The minimum absolute atomic E-state index is 0.146. The van der Waals surface area contributed by atoms with Gasteiger partial charge in [0.15, 0.2) is 0 Å². The van der Waals surface area contributed by atoms with Gasteiger partial charge in [0, 0.05) is 6.04 Å². The summed E-state index contributed by atoms with van der Waals surface area (Å²) in [5, 5.41) is 17.8. The number of amides is 1. The Labute approximate surface area is 98.2 Å². The van der Waals surface area contributed by atoms with Gasteiger partial charge in [0.25, 0.3) is 0 Å². The molecule has 0 aromatic heterocycles. The van der Waals surface area contributed by atoms with Crippen molar-refractivity contribution in [3.8, 4) is 0 Å². The largest absolute Gasteiger partial charge is 0.480 e. The molecule has 1 aliphatic carbocycles. The number of aliphatic carboxylic acids is 2. The van der Waals surface area contributed by atoms with E-state index < -0.39 is 23.9 Å². The Morgan fingerprint density at radius 2 is 1.71 bits per heavy atom. The molecule has 17 heavy (non-hydrogen) atoms. The summed E-state index contributed by atoms with van der Waals surface area (Å²) in [6.45, 7) is 0. The van der Waals surface area contributed by atoms with Crippen molar-refractivity contribution >= 4 is 17.8 Å². The molecular formula is C11H15NO5. The Kier molecular flexibility index (Phi) is 3.04. The molecule has 2 aliphatic rings. The molecule has 0 unspecified atom stereocenters. The average molecular weight is 241 g/mol. The number of carboxylic acids is 2. The van der Waals surface area contributed by atoms with Crippen molar-refractivity contribution in [2.75, 3.05) is 0 Å². The lowest BCUT2D eigenvalue weighted by Gasteiger charge is -2.31. The number of carbonyl (C=O) groups is 3. The van der Waals surface area contributed by atoms with Crippen molar-refractivity contribution < 1.29 is 24.6 Å². The fraction of sp³-hybridized carbons (Fsp3) is 0.727. The highest BCUT2D eigenvalue weighted by molar-refractivity contribution is 6.32. The fourth-order valence-corrected chi connectivity index (χ4v) is 3.08. The second-order valence-electron chi connectivity index (χ2n) is 4.72. The van der Waals surface area contributed by atoms with E-state index in [1.165, 1.54) is 0 Å². The van der Waals surface area contributed by atoms with Gasteiger partial charge in [-0.05, 0) is 25.2 Å². The summed E-state index contributed by atoms with van der Waals surface area (Å²) < 4.78 is 0. The molecule has 2 N–H and O–H groups in total. The Morgan fingerprint density at radius 3 is 2.29 bits per heavy atom. The van der Waals surface area contributed by atoms with E-state index >= 15 is 0 Å². The molecule has 1 aliphatic heterocycles. The molecule has 0 bridgehead atoms. The van der Waals surface area contributed by atoms with Crippen LogP contribution in [0.5, 0.6) is 0 Å². The highest BCUT2D eigenvalue weighted by Gasteiger charge is 2.48. The second-order valence-corrected chi connectivity index (χ2v) is 4.72. The summed E-state index contributed by atoms with van der Waals surface area (Å²) >= 11 is 0. The first-order valence-electron chi connectivity index (χ1n) is 5.80. The van der Waals surface area contributed by atoms with Crippen molar-refractivity contribution in [1.82, 2.24) is 4.90 Å². The second kappa shape index (κ2) is 4.35. The third-order valence-electron chi connectivity index (χ3n) is 3.79. The van der Waals surface area contributed by atoms with Gasteiger partial charge in [0.05, 0.1) is 0 Å². The Balaban J connectivity index is 2.26. The number of carbonyl (C=O) groups excluding carboxylic acids is 1. The molecule has 1 amide bonds. The molecule has 1 heterocycles. The minimum atomic E-state index is -1.57. The molecule has 1 saturated heterocycles. The lowest BCUT2D eigenvalue weighted by atomic mass is 9.85. The molecule has 0 spiro atoms. The van der Waals surface area contributed by atoms with Gasteiger partial charge >= 0.3 is 17.8 Å². The Hall–Kier alpha value is -1.59. The molecular weight excluding hydrogens is 226 g/mol. The van der Waals surface area contributed by atoms with Crippen LogP contribution in [0.4, 0.5) is 0 Å². The number of rotatable bonds is 1. The van der Waals surface area contributed by atoms with Crippen molar-refractivity contribution in [2.45, 2.75) is 44.2 Å². The predicted molar refractivity (Wildman–Crippen MR) is 56.3 cm³/mol. The third kappa shape index (κ3) is 1.99. The van der Waals surface area contributed by atoms with E-state index in [1.54, 1.807) is 0 Å². The summed E-state index contributed by atoms with van der Waals surface area (Å²) in [5.41, 5.74) is 0. The van der Waals surface area contributed by atoms with Crippen molar-refractivity contribution in [3.63, 3.8) is 0 Å². The molecule has 2 fully saturated rings. The van der Waals surface area contributed by atoms with E-state index in [9.17, 15) is 14.4 Å². The van der Waals surface area contributed by atoms with Crippen LogP contribution < -0.4 is 0 Å². The van der Waals surface area contributed by atoms with Crippen LogP contribution >= 0.6 is 0 Å². The number of hydrogen-bond acceptors (Lipinski definition) is 3.